The van der Waals surface area contributed by atoms with Crippen molar-refractivity contribution in [2.24, 2.45) is 11.7 Å². The standard InChI is InChI=1S/C18H22N2O2S.ClH/c1-13-8-14(10-19)11-20(13)18(21)15-4-2-5-16(9-15)22-12-17-6-3-7-23-17;/h2-7,9,13-14H,8,10-12,19H2,1H3;1H. The van der Waals surface area contributed by atoms with Gasteiger partial charge < -0.3 is 15.4 Å². The maximum atomic E-state index is 12.7. The number of nitrogens with zero attached hydrogens (tertiary/aromatic N) is 1. The first kappa shape index (κ1) is 18.8. The Kier molecular flexibility index (Phi) is 6.66. The van der Waals surface area contributed by atoms with Crippen LogP contribution in [0.5, 0.6) is 5.75 Å². The van der Waals surface area contributed by atoms with Gasteiger partial charge in [0, 0.05) is 23.0 Å². The van der Waals surface area contributed by atoms with E-state index >= 15 is 0 Å². The largest absolute Gasteiger partial charge is 0.488 e. The number of rotatable bonds is 5. The summed E-state index contributed by atoms with van der Waals surface area (Å²) < 4.78 is 5.79. The van der Waals surface area contributed by atoms with Crippen molar-refractivity contribution in [1.82, 2.24) is 4.90 Å². The maximum absolute atomic E-state index is 12.7. The van der Waals surface area contributed by atoms with Gasteiger partial charge in [0.15, 0.2) is 0 Å². The molecule has 1 fully saturated rings. The molecule has 0 radical (unpaired) electrons. The van der Waals surface area contributed by atoms with Gasteiger partial charge in [-0.2, -0.15) is 0 Å². The molecule has 0 aliphatic carbocycles. The van der Waals surface area contributed by atoms with Gasteiger partial charge in [-0.1, -0.05) is 12.1 Å². The van der Waals surface area contributed by atoms with Crippen LogP contribution < -0.4 is 10.5 Å². The number of hydrogen-bond acceptors (Lipinski definition) is 4. The second kappa shape index (κ2) is 8.51. The van der Waals surface area contributed by atoms with Crippen molar-refractivity contribution < 1.29 is 9.53 Å². The summed E-state index contributed by atoms with van der Waals surface area (Å²) in [6.07, 6.45) is 0.983. The number of thiophene rings is 1. The summed E-state index contributed by atoms with van der Waals surface area (Å²) in [6, 6.07) is 11.7. The van der Waals surface area contributed by atoms with E-state index in [-0.39, 0.29) is 24.4 Å². The van der Waals surface area contributed by atoms with Crippen molar-refractivity contribution in [2.45, 2.75) is 26.0 Å². The molecule has 2 N–H and O–H groups in total. The van der Waals surface area contributed by atoms with E-state index in [4.69, 9.17) is 10.5 Å². The number of ether oxygens (including phenoxy) is 1. The van der Waals surface area contributed by atoms with E-state index in [9.17, 15) is 4.79 Å². The summed E-state index contributed by atoms with van der Waals surface area (Å²) in [6.45, 7) is 4.00. The molecule has 4 nitrogen and oxygen atoms in total. The predicted molar refractivity (Wildman–Crippen MR) is 100 cm³/mol. The van der Waals surface area contributed by atoms with Gasteiger partial charge in [-0.05, 0) is 55.5 Å². The Balaban J connectivity index is 0.00000208. The lowest BCUT2D eigenvalue weighted by atomic mass is 10.1. The summed E-state index contributed by atoms with van der Waals surface area (Å²) >= 11 is 1.66. The lowest BCUT2D eigenvalue weighted by Gasteiger charge is -2.21. The number of benzene rings is 1. The third-order valence-corrected chi connectivity index (χ3v) is 5.15. The monoisotopic (exact) mass is 366 g/mol. The van der Waals surface area contributed by atoms with Crippen molar-refractivity contribution in [3.05, 3.63) is 52.2 Å². The molecule has 2 unspecified atom stereocenters. The number of likely N-dealkylation sites (tertiary alicyclic amines) is 1. The molecule has 1 aromatic carbocycles. The maximum Gasteiger partial charge on any atom is 0.254 e. The van der Waals surface area contributed by atoms with Gasteiger partial charge in [0.2, 0.25) is 0 Å². The molecule has 6 heteroatoms. The molecular formula is C18H23ClN2O2S. The van der Waals surface area contributed by atoms with Crippen LogP contribution in [0.2, 0.25) is 0 Å². The molecule has 1 aromatic heterocycles. The molecule has 24 heavy (non-hydrogen) atoms. The van der Waals surface area contributed by atoms with Gasteiger partial charge in [-0.15, -0.1) is 23.7 Å². The topological polar surface area (TPSA) is 55.6 Å². The fourth-order valence-electron chi connectivity index (χ4n) is 3.03. The molecule has 130 valence electrons. The Morgan fingerprint density at radius 1 is 1.38 bits per heavy atom. The molecule has 3 rings (SSSR count). The third-order valence-electron chi connectivity index (χ3n) is 4.30. The molecule has 1 saturated heterocycles. The highest BCUT2D eigenvalue weighted by molar-refractivity contribution is 7.09. The molecular weight excluding hydrogens is 344 g/mol. The van der Waals surface area contributed by atoms with E-state index in [1.807, 2.05) is 46.7 Å². The Hall–Kier alpha value is -1.56. The van der Waals surface area contributed by atoms with E-state index in [2.05, 4.69) is 6.92 Å². The summed E-state index contributed by atoms with van der Waals surface area (Å²) in [5.41, 5.74) is 6.43. The molecule has 1 aliphatic rings. The van der Waals surface area contributed by atoms with Crippen molar-refractivity contribution in [2.75, 3.05) is 13.1 Å². The van der Waals surface area contributed by atoms with E-state index in [1.54, 1.807) is 11.3 Å². The third kappa shape index (κ3) is 4.29. The minimum Gasteiger partial charge on any atom is -0.488 e. The Labute approximate surface area is 153 Å². The molecule has 2 atom stereocenters. The number of amides is 1. The second-order valence-electron chi connectivity index (χ2n) is 6.04. The van der Waals surface area contributed by atoms with E-state index in [1.165, 1.54) is 4.88 Å². The molecule has 2 aromatic rings. The first-order valence-electron chi connectivity index (χ1n) is 7.93. The number of hydrogen-bond donors (Lipinski definition) is 1. The van der Waals surface area contributed by atoms with E-state index in [0.29, 0.717) is 24.6 Å². The summed E-state index contributed by atoms with van der Waals surface area (Å²) in [4.78, 5) is 15.8. The molecule has 0 bridgehead atoms. The summed E-state index contributed by atoms with van der Waals surface area (Å²) in [5, 5.41) is 2.03. The van der Waals surface area contributed by atoms with E-state index < -0.39 is 0 Å². The highest BCUT2D eigenvalue weighted by atomic mass is 35.5. The van der Waals surface area contributed by atoms with Gasteiger partial charge in [-0.25, -0.2) is 0 Å². The lowest BCUT2D eigenvalue weighted by Crippen LogP contribution is -2.34. The van der Waals surface area contributed by atoms with Crippen molar-refractivity contribution >= 4 is 29.7 Å². The average Bonchev–Trinajstić information content (AvgIpc) is 3.22. The minimum absolute atomic E-state index is 0. The fraction of sp³-hybridized carbons (Fsp3) is 0.389. The first-order valence-corrected chi connectivity index (χ1v) is 8.81. The molecule has 0 saturated carbocycles. The summed E-state index contributed by atoms with van der Waals surface area (Å²) in [7, 11) is 0. The second-order valence-corrected chi connectivity index (χ2v) is 7.07. The minimum atomic E-state index is 0. The van der Waals surface area contributed by atoms with Crippen LogP contribution in [0.3, 0.4) is 0 Å². The zero-order valence-electron chi connectivity index (χ0n) is 13.7. The highest BCUT2D eigenvalue weighted by Crippen LogP contribution is 2.25. The number of carbonyl (C=O) groups is 1. The number of halogens is 1. The number of carbonyl (C=O) groups excluding carboxylic acids is 1. The van der Waals surface area contributed by atoms with Gasteiger partial charge in [0.05, 0.1) is 0 Å². The van der Waals surface area contributed by atoms with Gasteiger partial charge in [0.1, 0.15) is 12.4 Å². The zero-order valence-corrected chi connectivity index (χ0v) is 15.3. The van der Waals surface area contributed by atoms with Gasteiger partial charge in [0.25, 0.3) is 5.91 Å². The molecule has 2 heterocycles. The Morgan fingerprint density at radius 2 is 2.21 bits per heavy atom. The number of nitrogens with two attached hydrogens (primary N) is 1. The quantitative estimate of drug-likeness (QED) is 0.880. The van der Waals surface area contributed by atoms with Crippen molar-refractivity contribution in [3.8, 4) is 5.75 Å². The van der Waals surface area contributed by atoms with Gasteiger partial charge >= 0.3 is 0 Å². The van der Waals surface area contributed by atoms with Crippen LogP contribution in [-0.4, -0.2) is 29.9 Å². The lowest BCUT2D eigenvalue weighted by molar-refractivity contribution is 0.0743. The molecule has 1 aliphatic heterocycles. The molecule has 1 amide bonds. The highest BCUT2D eigenvalue weighted by Gasteiger charge is 2.32. The van der Waals surface area contributed by atoms with Crippen LogP contribution in [0.4, 0.5) is 0 Å². The van der Waals surface area contributed by atoms with Crippen LogP contribution in [0.25, 0.3) is 0 Å². The predicted octanol–water partition coefficient (Wildman–Crippen LogP) is 3.56. The van der Waals surface area contributed by atoms with E-state index in [0.717, 1.165) is 18.7 Å². The van der Waals surface area contributed by atoms with Crippen LogP contribution in [0.15, 0.2) is 41.8 Å². The Bertz CT molecular complexity index is 663. The zero-order chi connectivity index (χ0) is 16.2. The van der Waals surface area contributed by atoms with Gasteiger partial charge in [-0.3, -0.25) is 4.79 Å². The van der Waals surface area contributed by atoms with Crippen LogP contribution >= 0.6 is 23.7 Å². The average molecular weight is 367 g/mol. The molecule has 0 spiro atoms. The van der Waals surface area contributed by atoms with Crippen LogP contribution in [-0.2, 0) is 6.61 Å². The SMILES string of the molecule is CC1CC(CN)CN1C(=O)c1cccc(OCc2cccs2)c1.Cl. The Morgan fingerprint density at radius 3 is 2.88 bits per heavy atom. The summed E-state index contributed by atoms with van der Waals surface area (Å²) in [5.74, 6) is 1.20. The van der Waals surface area contributed by atoms with Crippen molar-refractivity contribution in [1.29, 1.82) is 0 Å². The smallest absolute Gasteiger partial charge is 0.254 e. The van der Waals surface area contributed by atoms with Crippen molar-refractivity contribution in [3.63, 3.8) is 0 Å². The fourth-order valence-corrected chi connectivity index (χ4v) is 3.65. The van der Waals surface area contributed by atoms with Crippen LogP contribution in [0.1, 0.15) is 28.6 Å². The van der Waals surface area contributed by atoms with Crippen LogP contribution in [0, 0.1) is 5.92 Å². The first-order chi connectivity index (χ1) is 11.2. The normalized spacial score (nSPS) is 19.8.